The SMILES string of the molecule is N#CC(=Cc1cc2ccccc2cc1O)C(=O)O. The van der Waals surface area contributed by atoms with Crippen LogP contribution in [0.25, 0.3) is 16.8 Å². The van der Waals surface area contributed by atoms with E-state index in [0.29, 0.717) is 5.56 Å². The van der Waals surface area contributed by atoms with E-state index >= 15 is 0 Å². The monoisotopic (exact) mass is 239 g/mol. The van der Waals surface area contributed by atoms with Gasteiger partial charge in [0.05, 0.1) is 0 Å². The van der Waals surface area contributed by atoms with Crippen LogP contribution in [0.1, 0.15) is 5.56 Å². The molecule has 2 aromatic rings. The maximum atomic E-state index is 10.7. The third-order valence-electron chi connectivity index (χ3n) is 2.55. The van der Waals surface area contributed by atoms with Gasteiger partial charge in [-0.3, -0.25) is 0 Å². The Bertz CT molecular complexity index is 696. The third kappa shape index (κ3) is 2.15. The van der Waals surface area contributed by atoms with Crippen LogP contribution < -0.4 is 0 Å². The van der Waals surface area contributed by atoms with E-state index in [1.807, 2.05) is 24.3 Å². The summed E-state index contributed by atoms with van der Waals surface area (Å²) in [7, 11) is 0. The molecule has 2 rings (SSSR count). The van der Waals surface area contributed by atoms with Crippen molar-refractivity contribution in [2.24, 2.45) is 0 Å². The molecule has 2 aromatic carbocycles. The van der Waals surface area contributed by atoms with Crippen molar-refractivity contribution in [2.75, 3.05) is 0 Å². The summed E-state index contributed by atoms with van der Waals surface area (Å²) >= 11 is 0. The molecule has 0 amide bonds. The number of fused-ring (bicyclic) bond motifs is 1. The van der Waals surface area contributed by atoms with Crippen molar-refractivity contribution < 1.29 is 15.0 Å². The quantitative estimate of drug-likeness (QED) is 0.623. The highest BCUT2D eigenvalue weighted by Gasteiger charge is 2.08. The lowest BCUT2D eigenvalue weighted by molar-refractivity contribution is -0.132. The highest BCUT2D eigenvalue weighted by atomic mass is 16.4. The molecule has 0 bridgehead atoms. The van der Waals surface area contributed by atoms with Crippen molar-refractivity contribution in [3.05, 3.63) is 47.5 Å². The average Bonchev–Trinajstić information content (AvgIpc) is 2.35. The molecular weight excluding hydrogens is 230 g/mol. The smallest absolute Gasteiger partial charge is 0.346 e. The predicted molar refractivity (Wildman–Crippen MR) is 66.8 cm³/mol. The van der Waals surface area contributed by atoms with E-state index in [9.17, 15) is 9.90 Å². The summed E-state index contributed by atoms with van der Waals surface area (Å²) < 4.78 is 0. The number of carboxylic acids is 1. The summed E-state index contributed by atoms with van der Waals surface area (Å²) in [4.78, 5) is 10.7. The Labute approximate surface area is 103 Å². The largest absolute Gasteiger partial charge is 0.507 e. The summed E-state index contributed by atoms with van der Waals surface area (Å²) in [6.45, 7) is 0. The Hall–Kier alpha value is -2.80. The van der Waals surface area contributed by atoms with Gasteiger partial charge >= 0.3 is 5.97 Å². The number of rotatable bonds is 2. The molecule has 0 atom stereocenters. The van der Waals surface area contributed by atoms with Crippen molar-refractivity contribution in [2.45, 2.75) is 0 Å². The Kier molecular flexibility index (Phi) is 2.98. The summed E-state index contributed by atoms with van der Waals surface area (Å²) in [6, 6.07) is 12.1. The first kappa shape index (κ1) is 11.7. The van der Waals surface area contributed by atoms with Gasteiger partial charge in [-0.1, -0.05) is 24.3 Å². The lowest BCUT2D eigenvalue weighted by Gasteiger charge is -2.03. The minimum absolute atomic E-state index is 0.0531. The van der Waals surface area contributed by atoms with Crippen molar-refractivity contribution in [3.63, 3.8) is 0 Å². The second-order valence-electron chi connectivity index (χ2n) is 3.73. The standard InChI is InChI=1S/C14H9NO3/c15-8-12(14(17)18)6-11-5-9-3-1-2-4-10(9)7-13(11)16/h1-7,16H,(H,17,18). The molecule has 0 aliphatic heterocycles. The fourth-order valence-electron chi connectivity index (χ4n) is 1.66. The van der Waals surface area contributed by atoms with E-state index in [-0.39, 0.29) is 5.75 Å². The fraction of sp³-hybridized carbons (Fsp3) is 0. The number of aromatic hydroxyl groups is 1. The Morgan fingerprint density at radius 2 is 1.83 bits per heavy atom. The van der Waals surface area contributed by atoms with Gasteiger partial charge in [-0.25, -0.2) is 4.79 Å². The molecule has 4 nitrogen and oxygen atoms in total. The van der Waals surface area contributed by atoms with Crippen molar-refractivity contribution >= 4 is 22.8 Å². The zero-order valence-electron chi connectivity index (χ0n) is 9.29. The molecule has 88 valence electrons. The van der Waals surface area contributed by atoms with Gasteiger partial charge in [0, 0.05) is 5.56 Å². The van der Waals surface area contributed by atoms with E-state index in [2.05, 4.69) is 0 Å². The molecular formula is C14H9NO3. The van der Waals surface area contributed by atoms with E-state index in [1.165, 1.54) is 6.07 Å². The van der Waals surface area contributed by atoms with E-state index in [0.717, 1.165) is 16.8 Å². The zero-order valence-corrected chi connectivity index (χ0v) is 9.29. The Morgan fingerprint density at radius 3 is 2.39 bits per heavy atom. The molecule has 0 radical (unpaired) electrons. The number of carboxylic acid groups (broad SMARTS) is 1. The minimum Gasteiger partial charge on any atom is -0.507 e. The summed E-state index contributed by atoms with van der Waals surface area (Å²) in [5, 5.41) is 28.9. The molecule has 0 aromatic heterocycles. The van der Waals surface area contributed by atoms with Crippen LogP contribution in [-0.4, -0.2) is 16.2 Å². The summed E-state index contributed by atoms with van der Waals surface area (Å²) in [5.74, 6) is -1.37. The number of phenolic OH excluding ortho intramolecular Hbond substituents is 1. The second kappa shape index (κ2) is 4.60. The molecule has 4 heteroatoms. The first-order valence-electron chi connectivity index (χ1n) is 5.18. The fourth-order valence-corrected chi connectivity index (χ4v) is 1.66. The second-order valence-corrected chi connectivity index (χ2v) is 3.73. The molecule has 0 spiro atoms. The first-order valence-corrected chi connectivity index (χ1v) is 5.18. The average molecular weight is 239 g/mol. The van der Waals surface area contributed by atoms with Gasteiger partial charge in [-0.05, 0) is 29.0 Å². The van der Waals surface area contributed by atoms with Crippen molar-refractivity contribution in [1.29, 1.82) is 5.26 Å². The summed E-state index contributed by atoms with van der Waals surface area (Å²) in [5.41, 5.74) is -0.103. The van der Waals surface area contributed by atoms with Crippen LogP contribution in [0, 0.1) is 11.3 Å². The van der Waals surface area contributed by atoms with Crippen LogP contribution in [0.4, 0.5) is 0 Å². The van der Waals surface area contributed by atoms with Gasteiger partial charge < -0.3 is 10.2 Å². The first-order chi connectivity index (χ1) is 8.61. The van der Waals surface area contributed by atoms with Gasteiger partial charge in [0.25, 0.3) is 0 Å². The molecule has 0 aliphatic carbocycles. The number of hydrogen-bond acceptors (Lipinski definition) is 3. The zero-order chi connectivity index (χ0) is 13.1. The maximum absolute atomic E-state index is 10.7. The lowest BCUT2D eigenvalue weighted by atomic mass is 10.0. The predicted octanol–water partition coefficient (Wildman–Crippen LogP) is 2.54. The van der Waals surface area contributed by atoms with E-state index in [4.69, 9.17) is 10.4 Å². The lowest BCUT2D eigenvalue weighted by Crippen LogP contribution is -1.97. The normalized spacial score (nSPS) is 11.2. The highest BCUT2D eigenvalue weighted by Crippen LogP contribution is 2.26. The molecule has 0 heterocycles. The van der Waals surface area contributed by atoms with Crippen LogP contribution >= 0.6 is 0 Å². The van der Waals surface area contributed by atoms with Gasteiger partial charge in [-0.15, -0.1) is 0 Å². The number of carbonyl (C=O) groups is 1. The van der Waals surface area contributed by atoms with E-state index < -0.39 is 11.5 Å². The third-order valence-corrected chi connectivity index (χ3v) is 2.55. The number of benzene rings is 2. The van der Waals surface area contributed by atoms with Crippen LogP contribution in [-0.2, 0) is 4.79 Å². The Balaban J connectivity index is 2.62. The van der Waals surface area contributed by atoms with Gasteiger partial charge in [0.15, 0.2) is 0 Å². The van der Waals surface area contributed by atoms with Crippen molar-refractivity contribution in [1.82, 2.24) is 0 Å². The van der Waals surface area contributed by atoms with Gasteiger partial charge in [0.2, 0.25) is 0 Å². The number of phenols is 1. The van der Waals surface area contributed by atoms with Gasteiger partial charge in [0.1, 0.15) is 17.4 Å². The van der Waals surface area contributed by atoms with Gasteiger partial charge in [-0.2, -0.15) is 5.26 Å². The molecule has 0 unspecified atom stereocenters. The van der Waals surface area contributed by atoms with Crippen LogP contribution in [0.15, 0.2) is 42.0 Å². The highest BCUT2D eigenvalue weighted by molar-refractivity contribution is 5.98. The minimum atomic E-state index is -1.31. The topological polar surface area (TPSA) is 81.3 Å². The van der Waals surface area contributed by atoms with Crippen LogP contribution in [0.2, 0.25) is 0 Å². The van der Waals surface area contributed by atoms with Crippen molar-refractivity contribution in [3.8, 4) is 11.8 Å². The van der Waals surface area contributed by atoms with Crippen LogP contribution in [0.3, 0.4) is 0 Å². The Morgan fingerprint density at radius 1 is 1.22 bits per heavy atom. The molecule has 0 aliphatic rings. The number of aliphatic carboxylic acids is 1. The molecule has 0 fully saturated rings. The number of nitrogens with zero attached hydrogens (tertiary/aromatic N) is 1. The summed E-state index contributed by atoms with van der Waals surface area (Å²) in [6.07, 6.45) is 1.16. The maximum Gasteiger partial charge on any atom is 0.346 e. The molecule has 0 saturated carbocycles. The van der Waals surface area contributed by atoms with Crippen LogP contribution in [0.5, 0.6) is 5.75 Å². The molecule has 0 saturated heterocycles. The molecule has 18 heavy (non-hydrogen) atoms. The number of nitriles is 1. The number of hydrogen-bond donors (Lipinski definition) is 2. The van der Waals surface area contributed by atoms with E-state index in [1.54, 1.807) is 12.1 Å². The molecule has 2 N–H and O–H groups in total.